The number of likely N-dealkylation sites (N-methyl/N-ethyl adjacent to an activating group) is 1. The molecule has 0 aliphatic rings. The van der Waals surface area contributed by atoms with Crippen LogP contribution in [0.15, 0.2) is 17.0 Å². The summed E-state index contributed by atoms with van der Waals surface area (Å²) in [7, 11) is 1.27. The molecular weight excluding hydrogens is 386 g/mol. The van der Waals surface area contributed by atoms with Gasteiger partial charge in [0.25, 0.3) is 0 Å². The lowest BCUT2D eigenvalue weighted by atomic mass is 10.2. The molecule has 0 spiro atoms. The van der Waals surface area contributed by atoms with E-state index in [0.29, 0.717) is 17.6 Å². The number of nitrogens with zero attached hydrogens (tertiary/aromatic N) is 4. The lowest BCUT2D eigenvalue weighted by molar-refractivity contribution is -0.121. The van der Waals surface area contributed by atoms with Gasteiger partial charge in [0.2, 0.25) is 15.9 Å². The predicted molar refractivity (Wildman–Crippen MR) is 109 cm³/mol. The first-order valence-corrected chi connectivity index (χ1v) is 11.1. The Bertz CT molecular complexity index is 880. The molecule has 0 unspecified atom stereocenters. The van der Waals surface area contributed by atoms with E-state index in [4.69, 9.17) is 0 Å². The van der Waals surface area contributed by atoms with Crippen molar-refractivity contribution in [3.8, 4) is 0 Å². The van der Waals surface area contributed by atoms with E-state index in [1.165, 1.54) is 13.1 Å². The highest BCUT2D eigenvalue weighted by Gasteiger charge is 2.27. The van der Waals surface area contributed by atoms with Crippen LogP contribution in [0, 0.1) is 0 Å². The second-order valence-electron chi connectivity index (χ2n) is 6.61. The third kappa shape index (κ3) is 5.14. The summed E-state index contributed by atoms with van der Waals surface area (Å²) < 4.78 is 35.3. The van der Waals surface area contributed by atoms with Crippen LogP contribution in [0.1, 0.15) is 32.6 Å². The summed E-state index contributed by atoms with van der Waals surface area (Å²) in [5.41, 5.74) is 1.67. The summed E-state index contributed by atoms with van der Waals surface area (Å²) in [6, 6.07) is 3.23. The summed E-state index contributed by atoms with van der Waals surface area (Å²) in [5, 5.41) is 2.77. The van der Waals surface area contributed by atoms with E-state index in [1.54, 1.807) is 6.07 Å². The number of sulfonamides is 1. The first kappa shape index (κ1) is 21.5. The number of unbranched alkanes of at least 4 members (excludes halogenated alkanes) is 3. The van der Waals surface area contributed by atoms with Gasteiger partial charge in [-0.2, -0.15) is 13.1 Å². The fraction of sp³-hybridized carbons (Fsp3) is 0.588. The Balaban J connectivity index is 2.11. The highest BCUT2D eigenvalue weighted by Crippen LogP contribution is 2.30. The maximum Gasteiger partial charge on any atom is 0.245 e. The first-order chi connectivity index (χ1) is 12.8. The molecule has 2 rings (SSSR count). The molecule has 1 aromatic carbocycles. The molecule has 150 valence electrons. The van der Waals surface area contributed by atoms with Crippen molar-refractivity contribution in [3.63, 3.8) is 0 Å². The van der Waals surface area contributed by atoms with E-state index in [1.807, 2.05) is 19.0 Å². The van der Waals surface area contributed by atoms with E-state index in [0.717, 1.165) is 47.4 Å². The topological polar surface area (TPSA) is 95.5 Å². The van der Waals surface area contributed by atoms with Crippen LogP contribution in [0.2, 0.25) is 0 Å². The number of rotatable bonds is 10. The number of aromatic nitrogens is 2. The largest absolute Gasteiger partial charge is 0.376 e. The maximum atomic E-state index is 12.9. The molecule has 1 N–H and O–H groups in total. The van der Waals surface area contributed by atoms with E-state index < -0.39 is 10.0 Å². The monoisotopic (exact) mass is 413 g/mol. The van der Waals surface area contributed by atoms with Crippen LogP contribution in [0.25, 0.3) is 11.0 Å². The minimum Gasteiger partial charge on any atom is -0.376 e. The molecule has 2 aromatic rings. The molecule has 0 atom stereocenters. The van der Waals surface area contributed by atoms with Crippen molar-refractivity contribution in [3.05, 3.63) is 12.1 Å². The van der Waals surface area contributed by atoms with E-state index in [2.05, 4.69) is 21.0 Å². The van der Waals surface area contributed by atoms with Gasteiger partial charge in [-0.05, 0) is 18.6 Å². The van der Waals surface area contributed by atoms with E-state index >= 15 is 0 Å². The molecule has 8 nitrogen and oxygen atoms in total. The molecule has 0 aliphatic heterocycles. The Morgan fingerprint density at radius 1 is 1.11 bits per heavy atom. The Hall–Kier alpha value is -1.78. The number of carbonyl (C=O) groups excluding carboxylic acids is 1. The first-order valence-electron chi connectivity index (χ1n) is 8.94. The third-order valence-corrected chi connectivity index (χ3v) is 6.61. The highest BCUT2D eigenvalue weighted by atomic mass is 32.2. The summed E-state index contributed by atoms with van der Waals surface area (Å²) in [4.78, 5) is 14.0. The Labute approximate surface area is 164 Å². The number of amides is 1. The van der Waals surface area contributed by atoms with Crippen molar-refractivity contribution >= 4 is 44.4 Å². The number of hydrogen-bond donors (Lipinski definition) is 1. The standard InChI is InChI=1S/C17H27N5O3S2/c1-5-6-7-8-11-18-15(23)12-22(4)27(24,25)14-10-9-13(21(2)3)16-17(14)20-26-19-16/h9-10H,5-8,11-12H2,1-4H3,(H,18,23). The molecule has 0 radical (unpaired) electrons. The number of nitrogens with one attached hydrogen (secondary N) is 1. The molecular formula is C17H27N5O3S2. The molecule has 1 amide bonds. The molecule has 27 heavy (non-hydrogen) atoms. The highest BCUT2D eigenvalue weighted by molar-refractivity contribution is 7.89. The average molecular weight is 414 g/mol. The zero-order chi connectivity index (χ0) is 20.0. The maximum absolute atomic E-state index is 12.9. The lowest BCUT2D eigenvalue weighted by Gasteiger charge is -2.18. The van der Waals surface area contributed by atoms with Crippen molar-refractivity contribution < 1.29 is 13.2 Å². The molecule has 0 aliphatic carbocycles. The predicted octanol–water partition coefficient (Wildman–Crippen LogP) is 2.07. The van der Waals surface area contributed by atoms with Crippen LogP contribution in [-0.2, 0) is 14.8 Å². The van der Waals surface area contributed by atoms with Gasteiger partial charge in [-0.1, -0.05) is 26.2 Å². The molecule has 0 bridgehead atoms. The Morgan fingerprint density at radius 2 is 1.81 bits per heavy atom. The number of carbonyl (C=O) groups is 1. The van der Waals surface area contributed by atoms with Crippen LogP contribution in [-0.4, -0.2) is 61.6 Å². The van der Waals surface area contributed by atoms with Gasteiger partial charge >= 0.3 is 0 Å². The molecule has 0 saturated heterocycles. The summed E-state index contributed by atoms with van der Waals surface area (Å²) in [6.45, 7) is 2.45. The zero-order valence-electron chi connectivity index (χ0n) is 16.2. The Kier molecular flexibility index (Phi) is 7.51. The van der Waals surface area contributed by atoms with E-state index in [9.17, 15) is 13.2 Å². The van der Waals surface area contributed by atoms with Gasteiger partial charge in [0.05, 0.1) is 24.0 Å². The smallest absolute Gasteiger partial charge is 0.245 e. The molecule has 1 heterocycles. The fourth-order valence-electron chi connectivity index (χ4n) is 2.69. The Morgan fingerprint density at radius 3 is 2.48 bits per heavy atom. The van der Waals surface area contributed by atoms with Gasteiger partial charge in [-0.15, -0.1) is 0 Å². The van der Waals surface area contributed by atoms with Crippen LogP contribution < -0.4 is 10.2 Å². The summed E-state index contributed by atoms with van der Waals surface area (Å²) >= 11 is 0.969. The van der Waals surface area contributed by atoms with Crippen molar-refractivity contribution in [2.75, 3.05) is 39.1 Å². The van der Waals surface area contributed by atoms with Crippen LogP contribution >= 0.6 is 11.7 Å². The number of fused-ring (bicyclic) bond motifs is 1. The summed E-state index contributed by atoms with van der Waals surface area (Å²) in [5.74, 6) is -0.310. The molecule has 0 fully saturated rings. The second kappa shape index (κ2) is 9.43. The lowest BCUT2D eigenvalue weighted by Crippen LogP contribution is -2.38. The normalized spacial score (nSPS) is 11.9. The van der Waals surface area contributed by atoms with Crippen molar-refractivity contribution in [2.45, 2.75) is 37.5 Å². The minimum atomic E-state index is -3.85. The minimum absolute atomic E-state index is 0.0649. The SMILES string of the molecule is CCCCCCNC(=O)CN(C)S(=O)(=O)c1ccc(N(C)C)c2nsnc12. The van der Waals surface area contributed by atoms with Gasteiger partial charge in [-0.3, -0.25) is 4.79 Å². The second-order valence-corrected chi connectivity index (χ2v) is 9.15. The fourth-order valence-corrected chi connectivity index (χ4v) is 4.57. The number of benzene rings is 1. The van der Waals surface area contributed by atoms with Crippen LogP contribution in [0.4, 0.5) is 5.69 Å². The van der Waals surface area contributed by atoms with Crippen molar-refractivity contribution in [2.24, 2.45) is 0 Å². The van der Waals surface area contributed by atoms with Gasteiger partial charge < -0.3 is 10.2 Å². The van der Waals surface area contributed by atoms with Crippen LogP contribution in [0.3, 0.4) is 0 Å². The van der Waals surface area contributed by atoms with Gasteiger partial charge in [0, 0.05) is 27.7 Å². The average Bonchev–Trinajstić information content (AvgIpc) is 3.09. The number of anilines is 1. The van der Waals surface area contributed by atoms with E-state index in [-0.39, 0.29) is 17.3 Å². The van der Waals surface area contributed by atoms with Crippen LogP contribution in [0.5, 0.6) is 0 Å². The zero-order valence-corrected chi connectivity index (χ0v) is 17.9. The molecule has 10 heteroatoms. The van der Waals surface area contributed by atoms with Gasteiger partial charge in [0.1, 0.15) is 15.9 Å². The van der Waals surface area contributed by atoms with Crippen molar-refractivity contribution in [1.82, 2.24) is 18.4 Å². The molecule has 0 saturated carbocycles. The number of hydrogen-bond acceptors (Lipinski definition) is 7. The van der Waals surface area contributed by atoms with Crippen molar-refractivity contribution in [1.29, 1.82) is 0 Å². The summed E-state index contributed by atoms with van der Waals surface area (Å²) in [6.07, 6.45) is 4.21. The van der Waals surface area contributed by atoms with Gasteiger partial charge in [0.15, 0.2) is 0 Å². The van der Waals surface area contributed by atoms with Gasteiger partial charge in [-0.25, -0.2) is 8.42 Å². The third-order valence-electron chi connectivity index (χ3n) is 4.25. The quantitative estimate of drug-likeness (QED) is 0.599. The molecule has 1 aromatic heterocycles.